The van der Waals surface area contributed by atoms with E-state index in [0.717, 1.165) is 21.7 Å². The van der Waals surface area contributed by atoms with E-state index in [1.54, 1.807) is 40.5 Å². The molecule has 0 bridgehead atoms. The number of hydrogen-bond donors (Lipinski definition) is 5. The third kappa shape index (κ3) is 12.1. The first-order chi connectivity index (χ1) is 30.1. The molecule has 0 unspecified atom stereocenters. The Balaban J connectivity index is 0.883. The highest BCUT2D eigenvalue weighted by atomic mass is 32.1. The van der Waals surface area contributed by atoms with Crippen molar-refractivity contribution in [3.05, 3.63) is 71.4 Å². The van der Waals surface area contributed by atoms with Gasteiger partial charge in [-0.1, -0.05) is 57.2 Å². The smallest absolute Gasteiger partial charge is 0.246 e. The Hall–Kier alpha value is -5.69. The number of piperazine rings is 1. The molecule has 18 heteroatoms. The van der Waals surface area contributed by atoms with Gasteiger partial charge in [0.25, 0.3) is 0 Å². The van der Waals surface area contributed by atoms with Crippen molar-refractivity contribution >= 4 is 46.5 Å². The largest absolute Gasteiger partial charge is 0.507 e. The van der Waals surface area contributed by atoms with Gasteiger partial charge in [0.15, 0.2) is 5.82 Å². The van der Waals surface area contributed by atoms with Crippen LogP contribution in [0, 0.1) is 12.3 Å². The Bertz CT molecular complexity index is 2210. The second kappa shape index (κ2) is 21.1. The van der Waals surface area contributed by atoms with Crippen molar-refractivity contribution < 1.29 is 38.9 Å². The van der Waals surface area contributed by atoms with Gasteiger partial charge < -0.3 is 50.8 Å². The zero-order valence-corrected chi connectivity index (χ0v) is 37.4. The maximum Gasteiger partial charge on any atom is 0.246 e. The predicted molar refractivity (Wildman–Crippen MR) is 240 cm³/mol. The molecule has 4 aromatic rings. The number of rotatable bonds is 17. The Kier molecular flexibility index (Phi) is 15.7. The summed E-state index contributed by atoms with van der Waals surface area (Å²) in [4.78, 5) is 64.3. The Morgan fingerprint density at radius 3 is 2.27 bits per heavy atom. The number of aromatic nitrogens is 3. The van der Waals surface area contributed by atoms with Crippen molar-refractivity contribution in [3.63, 3.8) is 0 Å². The van der Waals surface area contributed by atoms with Gasteiger partial charge >= 0.3 is 0 Å². The third-order valence-electron chi connectivity index (χ3n) is 11.3. The molecule has 4 atom stereocenters. The number of ether oxygens (including phenoxy) is 2. The molecule has 4 heterocycles. The molecule has 0 saturated carbocycles. The monoisotopic (exact) mass is 885 g/mol. The normalized spacial score (nSPS) is 17.7. The lowest BCUT2D eigenvalue weighted by atomic mass is 9.85. The maximum absolute atomic E-state index is 14.0. The van der Waals surface area contributed by atoms with Gasteiger partial charge in [0, 0.05) is 51.1 Å². The number of nitrogens with zero attached hydrogens (tertiary/aromatic N) is 6. The second-order valence-corrected chi connectivity index (χ2v) is 17.8. The van der Waals surface area contributed by atoms with Crippen molar-refractivity contribution in [2.24, 2.45) is 5.41 Å². The van der Waals surface area contributed by atoms with Crippen LogP contribution in [0.1, 0.15) is 64.3 Å². The summed E-state index contributed by atoms with van der Waals surface area (Å²) in [6.45, 7) is 12.2. The predicted octanol–water partition coefficient (Wildman–Crippen LogP) is 3.70. The van der Waals surface area contributed by atoms with E-state index in [1.807, 2.05) is 70.5 Å². The van der Waals surface area contributed by atoms with E-state index < -0.39 is 29.5 Å². The Morgan fingerprint density at radius 2 is 1.62 bits per heavy atom. The quantitative estimate of drug-likeness (QED) is 0.0956. The van der Waals surface area contributed by atoms with Gasteiger partial charge in [-0.2, -0.15) is 0 Å². The summed E-state index contributed by atoms with van der Waals surface area (Å²) in [5.74, 6) is -0.859. The lowest BCUT2D eigenvalue weighted by molar-refractivity contribution is -0.144. The number of nitrogen functional groups attached to an aromatic ring is 1. The number of nitrogens with one attached hydrogen (secondary N) is 2. The van der Waals surface area contributed by atoms with E-state index in [-0.39, 0.29) is 87.6 Å². The molecule has 6 N–H and O–H groups in total. The number of phenolic OH excluding ortho intramolecular Hbond substituents is 1. The number of anilines is 2. The zero-order valence-electron chi connectivity index (χ0n) is 36.6. The molecule has 2 aromatic carbocycles. The van der Waals surface area contributed by atoms with Crippen molar-refractivity contribution in [1.82, 2.24) is 35.6 Å². The first kappa shape index (κ1) is 46.8. The third-order valence-corrected chi connectivity index (χ3v) is 12.3. The number of para-hydroxylation sites is 1. The number of phenols is 1. The number of benzene rings is 2. The van der Waals surface area contributed by atoms with Crippen LogP contribution in [-0.4, -0.2) is 136 Å². The van der Waals surface area contributed by atoms with Crippen LogP contribution in [-0.2, 0) is 28.7 Å². The zero-order chi connectivity index (χ0) is 45.3. The van der Waals surface area contributed by atoms with Gasteiger partial charge in [-0.15, -0.1) is 21.5 Å². The molecule has 63 heavy (non-hydrogen) atoms. The molecule has 0 radical (unpaired) electrons. The maximum atomic E-state index is 14.0. The molecular weight excluding hydrogens is 827 g/mol. The number of aromatic hydroxyl groups is 1. The fourth-order valence-electron chi connectivity index (χ4n) is 7.72. The number of aliphatic hydroxyl groups excluding tert-OH is 1. The number of nitrogens with two attached hydrogens (primary N) is 1. The van der Waals surface area contributed by atoms with E-state index in [2.05, 4.69) is 30.7 Å². The van der Waals surface area contributed by atoms with Gasteiger partial charge in [-0.3, -0.25) is 19.2 Å². The summed E-state index contributed by atoms with van der Waals surface area (Å²) in [6, 6.07) is 14.4. The van der Waals surface area contributed by atoms with Crippen molar-refractivity contribution in [2.45, 2.75) is 78.1 Å². The van der Waals surface area contributed by atoms with E-state index >= 15 is 0 Å². The highest BCUT2D eigenvalue weighted by molar-refractivity contribution is 7.13. The molecule has 2 saturated heterocycles. The molecule has 17 nitrogen and oxygen atoms in total. The topological polar surface area (TPSA) is 226 Å². The first-order valence-electron chi connectivity index (χ1n) is 21.3. The minimum Gasteiger partial charge on any atom is -0.507 e. The summed E-state index contributed by atoms with van der Waals surface area (Å²) in [6.07, 6.45) is -0.594. The summed E-state index contributed by atoms with van der Waals surface area (Å²) in [5.41, 5.74) is 11.9. The van der Waals surface area contributed by atoms with Crippen LogP contribution in [0.3, 0.4) is 0 Å². The molecule has 2 aromatic heterocycles. The molecule has 2 fully saturated rings. The molecule has 6 rings (SSSR count). The molecular formula is C45H59N9O8S. The lowest BCUT2D eigenvalue weighted by Gasteiger charge is -2.36. The first-order valence-corrected chi connectivity index (χ1v) is 22.2. The summed E-state index contributed by atoms with van der Waals surface area (Å²) in [7, 11) is 0. The number of amides is 4. The number of likely N-dealkylation sites (tertiary alicyclic amines) is 1. The Labute approximate surface area is 372 Å². The van der Waals surface area contributed by atoms with E-state index in [0.29, 0.717) is 43.1 Å². The lowest BCUT2D eigenvalue weighted by Crippen LogP contribution is -2.58. The van der Waals surface area contributed by atoms with Crippen LogP contribution in [0.5, 0.6) is 5.75 Å². The standard InChI is InChI=1S/C45H59N9O8S/c1-28(30-10-12-31(13-11-30)40-29(2)47-27-63-40)48-43(59)36-24-32(55)26-54(36)44(60)41(45(3,4)5)49-38(57)14-20-61-22-23-62-21-15-39(58)53-18-16-52(17-19-53)35-25-34(50-51-42(35)46)33-8-6-7-9-37(33)56/h6-13,25,27-28,32,36,41,55-56H,14-24,26H2,1-5H3,(H2,46,51)(H,48,59)(H,49,57)/t28-,32+,36-,41+/m0/s1. The minimum atomic E-state index is -0.955. The fourth-order valence-corrected chi connectivity index (χ4v) is 8.53. The van der Waals surface area contributed by atoms with Gasteiger partial charge in [-0.05, 0) is 48.6 Å². The molecule has 338 valence electrons. The van der Waals surface area contributed by atoms with Crippen LogP contribution in [0.15, 0.2) is 60.1 Å². The molecule has 0 aliphatic carbocycles. The number of carbonyl (C=O) groups excluding carboxylic acids is 4. The highest BCUT2D eigenvalue weighted by Crippen LogP contribution is 2.33. The average Bonchev–Trinajstić information content (AvgIpc) is 3.88. The van der Waals surface area contributed by atoms with Gasteiger partial charge in [0.1, 0.15) is 17.8 Å². The number of aryl methyl sites for hydroxylation is 1. The van der Waals surface area contributed by atoms with Crippen LogP contribution in [0.25, 0.3) is 21.7 Å². The van der Waals surface area contributed by atoms with Crippen LogP contribution in [0.4, 0.5) is 11.5 Å². The van der Waals surface area contributed by atoms with Gasteiger partial charge in [0.05, 0.1) is 72.5 Å². The van der Waals surface area contributed by atoms with E-state index in [4.69, 9.17) is 15.2 Å². The number of carbonyl (C=O) groups is 4. The SMILES string of the molecule is Cc1ncsc1-c1ccc([C@H](C)NC(=O)[C@@H]2C[C@@H](O)CN2C(=O)[C@@H](NC(=O)CCOCCOCCC(=O)N2CCN(c3cc(-c4ccccc4O)nnc3N)CC2)C(C)(C)C)cc1. The minimum absolute atomic E-state index is 0.00697. The number of hydrogen-bond acceptors (Lipinski definition) is 14. The summed E-state index contributed by atoms with van der Waals surface area (Å²) >= 11 is 1.57. The van der Waals surface area contributed by atoms with Crippen molar-refractivity contribution in [2.75, 3.05) is 69.8 Å². The second-order valence-electron chi connectivity index (χ2n) is 17.0. The molecule has 2 aliphatic heterocycles. The average molecular weight is 886 g/mol. The number of thiazole rings is 1. The fraction of sp³-hybridized carbons (Fsp3) is 0.489. The van der Waals surface area contributed by atoms with Crippen molar-refractivity contribution in [1.29, 1.82) is 0 Å². The van der Waals surface area contributed by atoms with Gasteiger partial charge in [0.2, 0.25) is 23.6 Å². The number of aliphatic hydroxyl groups is 1. The number of β-amino-alcohol motifs (C(OH)–C–C–N with tert-alkyl or cyclic N) is 1. The Morgan fingerprint density at radius 1 is 0.937 bits per heavy atom. The van der Waals surface area contributed by atoms with Crippen LogP contribution < -0.4 is 21.3 Å². The molecule has 0 spiro atoms. The van der Waals surface area contributed by atoms with Gasteiger partial charge in [-0.25, -0.2) is 4.98 Å². The van der Waals surface area contributed by atoms with Crippen LogP contribution in [0.2, 0.25) is 0 Å². The van der Waals surface area contributed by atoms with Crippen LogP contribution >= 0.6 is 11.3 Å². The van der Waals surface area contributed by atoms with E-state index in [9.17, 15) is 29.4 Å². The summed E-state index contributed by atoms with van der Waals surface area (Å²) in [5, 5.41) is 35.0. The summed E-state index contributed by atoms with van der Waals surface area (Å²) < 4.78 is 11.3. The van der Waals surface area contributed by atoms with Crippen molar-refractivity contribution in [3.8, 4) is 27.4 Å². The van der Waals surface area contributed by atoms with E-state index in [1.165, 1.54) is 4.90 Å². The molecule has 4 amide bonds. The highest BCUT2D eigenvalue weighted by Gasteiger charge is 2.44. The molecule has 2 aliphatic rings.